The topological polar surface area (TPSA) is 93.3 Å². The molecule has 0 saturated carbocycles. The molecule has 7 nitrogen and oxygen atoms in total. The lowest BCUT2D eigenvalue weighted by atomic mass is 10.1. The Morgan fingerprint density at radius 3 is 2.70 bits per heavy atom. The van der Waals surface area contributed by atoms with Crippen LogP contribution < -0.4 is 5.56 Å². The molecule has 4 aromatic rings. The van der Waals surface area contributed by atoms with E-state index in [1.807, 2.05) is 26.0 Å². The minimum atomic E-state index is -0.526. The van der Waals surface area contributed by atoms with E-state index in [0.29, 0.717) is 11.3 Å². The average Bonchev–Trinajstić information content (AvgIpc) is 2.84. The lowest BCUT2D eigenvalue weighted by Crippen LogP contribution is -2.14. The zero-order valence-corrected chi connectivity index (χ0v) is 12.5. The van der Waals surface area contributed by atoms with Crippen LogP contribution in [-0.2, 0) is 0 Å². The average molecular weight is 308 g/mol. The van der Waals surface area contributed by atoms with E-state index >= 15 is 0 Å². The van der Waals surface area contributed by atoms with Crippen molar-refractivity contribution in [3.05, 3.63) is 61.9 Å². The maximum Gasteiger partial charge on any atom is 0.295 e. The summed E-state index contributed by atoms with van der Waals surface area (Å²) in [4.78, 5) is 30.9. The molecule has 2 aromatic heterocycles. The van der Waals surface area contributed by atoms with Crippen molar-refractivity contribution in [1.82, 2.24) is 14.4 Å². The number of non-ortho nitro benzene ring substituents is 1. The largest absolute Gasteiger partial charge is 0.323 e. The summed E-state index contributed by atoms with van der Waals surface area (Å²) in [6.45, 7) is 3.95. The van der Waals surface area contributed by atoms with Crippen molar-refractivity contribution in [1.29, 1.82) is 0 Å². The first kappa shape index (κ1) is 13.4. The van der Waals surface area contributed by atoms with Crippen LogP contribution in [0.4, 0.5) is 5.69 Å². The van der Waals surface area contributed by atoms with Crippen LogP contribution in [0.2, 0.25) is 0 Å². The number of hydrogen-bond donors (Lipinski definition) is 1. The zero-order valence-electron chi connectivity index (χ0n) is 12.5. The van der Waals surface area contributed by atoms with Gasteiger partial charge in [0, 0.05) is 6.07 Å². The van der Waals surface area contributed by atoms with Crippen LogP contribution in [0.15, 0.2) is 35.1 Å². The van der Waals surface area contributed by atoms with Crippen LogP contribution >= 0.6 is 0 Å². The number of nitro groups is 1. The first-order valence-electron chi connectivity index (χ1n) is 7.06. The Bertz CT molecular complexity index is 1190. The maximum absolute atomic E-state index is 12.8. The van der Waals surface area contributed by atoms with Gasteiger partial charge < -0.3 is 4.98 Å². The Balaban J connectivity index is 2.27. The van der Waals surface area contributed by atoms with Gasteiger partial charge in [-0.15, -0.1) is 0 Å². The second-order valence-corrected chi connectivity index (χ2v) is 5.59. The summed E-state index contributed by atoms with van der Waals surface area (Å²) >= 11 is 0. The monoisotopic (exact) mass is 308 g/mol. The highest BCUT2D eigenvalue weighted by Gasteiger charge is 2.18. The van der Waals surface area contributed by atoms with Gasteiger partial charge in [-0.3, -0.25) is 14.9 Å². The van der Waals surface area contributed by atoms with Crippen molar-refractivity contribution in [2.75, 3.05) is 0 Å². The SMILES string of the molecule is Cc1cc2[nH]c3nc4c([N+](=O)[O-])cccc4c(=O)n3c2cc1C. The number of nitrogens with one attached hydrogen (secondary N) is 1. The Morgan fingerprint density at radius 2 is 1.96 bits per heavy atom. The number of nitrogens with zero attached hydrogens (tertiary/aromatic N) is 3. The number of H-pyrrole nitrogens is 1. The van der Waals surface area contributed by atoms with Gasteiger partial charge in [0.2, 0.25) is 5.78 Å². The third-order valence-corrected chi connectivity index (χ3v) is 4.17. The Labute approximate surface area is 129 Å². The summed E-state index contributed by atoms with van der Waals surface area (Å²) in [5.41, 5.74) is 3.25. The number of rotatable bonds is 1. The van der Waals surface area contributed by atoms with E-state index in [1.165, 1.54) is 16.5 Å². The predicted molar refractivity (Wildman–Crippen MR) is 87.0 cm³/mol. The van der Waals surface area contributed by atoms with Gasteiger partial charge in [-0.1, -0.05) is 6.07 Å². The summed E-state index contributed by atoms with van der Waals surface area (Å²) in [7, 11) is 0. The van der Waals surface area contributed by atoms with Gasteiger partial charge in [0.25, 0.3) is 11.2 Å². The summed E-state index contributed by atoms with van der Waals surface area (Å²) in [6.07, 6.45) is 0. The molecule has 0 bridgehead atoms. The summed E-state index contributed by atoms with van der Waals surface area (Å²) in [5.74, 6) is 0.303. The molecule has 0 spiro atoms. The quantitative estimate of drug-likeness (QED) is 0.432. The van der Waals surface area contributed by atoms with Crippen LogP contribution in [-0.4, -0.2) is 19.3 Å². The van der Waals surface area contributed by atoms with Crippen molar-refractivity contribution in [3.63, 3.8) is 0 Å². The molecule has 23 heavy (non-hydrogen) atoms. The number of aromatic amines is 1. The number of imidazole rings is 1. The van der Waals surface area contributed by atoms with Gasteiger partial charge >= 0.3 is 0 Å². The van der Waals surface area contributed by atoms with E-state index in [9.17, 15) is 14.9 Å². The van der Waals surface area contributed by atoms with E-state index < -0.39 is 4.92 Å². The molecule has 7 heteroatoms. The molecular formula is C16H12N4O3. The van der Waals surface area contributed by atoms with Crippen molar-refractivity contribution in [2.45, 2.75) is 13.8 Å². The second-order valence-electron chi connectivity index (χ2n) is 5.59. The molecular weight excluding hydrogens is 296 g/mol. The second kappa shape index (κ2) is 4.39. The van der Waals surface area contributed by atoms with Gasteiger partial charge in [-0.05, 0) is 43.2 Å². The third-order valence-electron chi connectivity index (χ3n) is 4.17. The molecule has 114 valence electrons. The maximum atomic E-state index is 12.8. The van der Waals surface area contributed by atoms with Crippen LogP contribution in [0, 0.1) is 24.0 Å². The third kappa shape index (κ3) is 1.76. The predicted octanol–water partition coefficient (Wildman–Crippen LogP) is 2.85. The van der Waals surface area contributed by atoms with Crippen LogP contribution in [0.5, 0.6) is 0 Å². The molecule has 0 aliphatic rings. The van der Waals surface area contributed by atoms with E-state index in [2.05, 4.69) is 9.97 Å². The number of aromatic nitrogens is 3. The molecule has 4 rings (SSSR count). The van der Waals surface area contributed by atoms with Gasteiger partial charge in [0.15, 0.2) is 5.52 Å². The summed E-state index contributed by atoms with van der Waals surface area (Å²) in [6, 6.07) is 8.27. The first-order valence-corrected chi connectivity index (χ1v) is 7.06. The van der Waals surface area contributed by atoms with Crippen LogP contribution in [0.1, 0.15) is 11.1 Å². The molecule has 1 N–H and O–H groups in total. The Hall–Kier alpha value is -3.22. The molecule has 0 amide bonds. The highest BCUT2D eigenvalue weighted by atomic mass is 16.6. The lowest BCUT2D eigenvalue weighted by Gasteiger charge is -2.01. The number of fused-ring (bicyclic) bond motifs is 4. The Kier molecular flexibility index (Phi) is 2.57. The molecule has 0 atom stereocenters. The molecule has 0 aliphatic carbocycles. The van der Waals surface area contributed by atoms with Crippen molar-refractivity contribution >= 4 is 33.4 Å². The number of benzene rings is 2. The smallest absolute Gasteiger partial charge is 0.295 e. The van der Waals surface area contributed by atoms with E-state index in [0.717, 1.165) is 16.6 Å². The molecule has 0 aliphatic heterocycles. The van der Waals surface area contributed by atoms with Crippen molar-refractivity contribution in [2.24, 2.45) is 0 Å². The van der Waals surface area contributed by atoms with Gasteiger partial charge in [0.1, 0.15) is 0 Å². The number of aryl methyl sites for hydroxylation is 2. The molecule has 0 fully saturated rings. The number of nitro benzene ring substituents is 1. The van der Waals surface area contributed by atoms with E-state index in [1.54, 1.807) is 6.07 Å². The van der Waals surface area contributed by atoms with Gasteiger partial charge in [-0.2, -0.15) is 0 Å². The molecule has 0 radical (unpaired) electrons. The fourth-order valence-electron chi connectivity index (χ4n) is 2.86. The minimum absolute atomic E-state index is 0.0995. The van der Waals surface area contributed by atoms with Crippen LogP contribution in [0.3, 0.4) is 0 Å². The van der Waals surface area contributed by atoms with Gasteiger partial charge in [-0.25, -0.2) is 9.38 Å². The fourth-order valence-corrected chi connectivity index (χ4v) is 2.86. The normalized spacial score (nSPS) is 11.6. The van der Waals surface area contributed by atoms with E-state index in [4.69, 9.17) is 0 Å². The Morgan fingerprint density at radius 1 is 1.22 bits per heavy atom. The van der Waals surface area contributed by atoms with Crippen molar-refractivity contribution < 1.29 is 4.92 Å². The fraction of sp³-hybridized carbons (Fsp3) is 0.125. The lowest BCUT2D eigenvalue weighted by molar-refractivity contribution is -0.383. The number of para-hydroxylation sites is 1. The number of hydrogen-bond acceptors (Lipinski definition) is 4. The van der Waals surface area contributed by atoms with E-state index in [-0.39, 0.29) is 22.1 Å². The first-order chi connectivity index (χ1) is 11.0. The van der Waals surface area contributed by atoms with Gasteiger partial charge in [0.05, 0.1) is 21.3 Å². The zero-order chi connectivity index (χ0) is 16.3. The van der Waals surface area contributed by atoms with Crippen LogP contribution in [0.25, 0.3) is 27.7 Å². The molecule has 2 aromatic carbocycles. The molecule has 2 heterocycles. The summed E-state index contributed by atoms with van der Waals surface area (Å²) in [5, 5.41) is 11.4. The molecule has 0 unspecified atom stereocenters. The highest BCUT2D eigenvalue weighted by molar-refractivity contribution is 5.90. The highest BCUT2D eigenvalue weighted by Crippen LogP contribution is 2.24. The molecule has 0 saturated heterocycles. The summed E-state index contributed by atoms with van der Waals surface area (Å²) < 4.78 is 1.47. The standard InChI is InChI=1S/C16H12N4O3/c1-8-6-11-13(7-9(8)2)19-15(21)10-4-3-5-12(20(22)23)14(10)18-16(19)17-11/h3-7H,1-2H3,(H,17,18). The minimum Gasteiger partial charge on any atom is -0.323 e. The van der Waals surface area contributed by atoms with Crippen molar-refractivity contribution in [3.8, 4) is 0 Å².